The van der Waals surface area contributed by atoms with E-state index in [9.17, 15) is 29.4 Å². The third kappa shape index (κ3) is 11.2. The van der Waals surface area contributed by atoms with Gasteiger partial charge in [-0.25, -0.2) is 4.79 Å². The average molecular weight is 529 g/mol. The minimum Gasteiger partial charge on any atom is -0.508 e. The Labute approximate surface area is 215 Å². The van der Waals surface area contributed by atoms with E-state index in [1.807, 2.05) is 20.1 Å². The van der Waals surface area contributed by atoms with Gasteiger partial charge in [0.2, 0.25) is 17.7 Å². The number of hydrogen-bond acceptors (Lipinski definition) is 8. The molecule has 0 saturated heterocycles. The molecule has 0 aliphatic heterocycles. The Morgan fingerprint density at radius 3 is 2.03 bits per heavy atom. The Hall–Kier alpha value is -2.44. The van der Waals surface area contributed by atoms with Gasteiger partial charge >= 0.3 is 5.97 Å². The molecule has 7 N–H and O–H groups in total. The minimum atomic E-state index is -1.24. The molecule has 1 aromatic carbocycles. The van der Waals surface area contributed by atoms with Gasteiger partial charge in [-0.3, -0.25) is 14.4 Å². The van der Waals surface area contributed by atoms with Crippen LogP contribution in [0.25, 0.3) is 0 Å². The van der Waals surface area contributed by atoms with E-state index >= 15 is 0 Å². The SMILES string of the molecule is CSCCC(NC(=O)C(Cc1ccc(O)cc1)NC(=O)C(N)CC(C)C)C(=O)NC(CS)C(=O)O. The number of aromatic hydroxyl groups is 1. The molecule has 4 atom stereocenters. The lowest BCUT2D eigenvalue weighted by atomic mass is 10.0. The monoisotopic (exact) mass is 528 g/mol. The first-order valence-electron chi connectivity index (χ1n) is 11.3. The number of hydrogen-bond donors (Lipinski definition) is 7. The van der Waals surface area contributed by atoms with Gasteiger partial charge in [-0.1, -0.05) is 26.0 Å². The molecule has 196 valence electrons. The van der Waals surface area contributed by atoms with Crippen molar-refractivity contribution in [3.05, 3.63) is 29.8 Å². The highest BCUT2D eigenvalue weighted by Gasteiger charge is 2.30. The second kappa shape index (κ2) is 15.5. The predicted molar refractivity (Wildman–Crippen MR) is 140 cm³/mol. The maximum absolute atomic E-state index is 13.2. The zero-order valence-corrected chi connectivity index (χ0v) is 21.9. The van der Waals surface area contributed by atoms with Crippen LogP contribution in [0.15, 0.2) is 24.3 Å². The fraction of sp³-hybridized carbons (Fsp3) is 0.565. The van der Waals surface area contributed by atoms with Crippen LogP contribution in [0.2, 0.25) is 0 Å². The van der Waals surface area contributed by atoms with E-state index in [2.05, 4.69) is 28.6 Å². The maximum atomic E-state index is 13.2. The van der Waals surface area contributed by atoms with Gasteiger partial charge < -0.3 is 31.9 Å². The third-order valence-corrected chi connectivity index (χ3v) is 6.12. The van der Waals surface area contributed by atoms with Crippen LogP contribution in [0.5, 0.6) is 5.75 Å². The van der Waals surface area contributed by atoms with E-state index in [4.69, 9.17) is 5.73 Å². The summed E-state index contributed by atoms with van der Waals surface area (Å²) in [5.74, 6) is -2.34. The smallest absolute Gasteiger partial charge is 0.327 e. The van der Waals surface area contributed by atoms with Crippen LogP contribution < -0.4 is 21.7 Å². The molecule has 0 aliphatic rings. The predicted octanol–water partition coefficient (Wildman–Crippen LogP) is 0.530. The minimum absolute atomic E-state index is 0.0590. The number of nitrogens with one attached hydrogen (secondary N) is 3. The first kappa shape index (κ1) is 30.6. The fourth-order valence-electron chi connectivity index (χ4n) is 3.21. The first-order valence-corrected chi connectivity index (χ1v) is 13.3. The second-order valence-electron chi connectivity index (χ2n) is 8.59. The number of carbonyl (C=O) groups excluding carboxylic acids is 3. The van der Waals surface area contributed by atoms with Gasteiger partial charge in [-0.05, 0) is 48.5 Å². The molecule has 1 rings (SSSR count). The van der Waals surface area contributed by atoms with Crippen molar-refractivity contribution in [3.63, 3.8) is 0 Å². The summed E-state index contributed by atoms with van der Waals surface area (Å²) in [6.07, 6.45) is 2.62. The molecule has 12 heteroatoms. The molecule has 3 amide bonds. The Kier molecular flexibility index (Phi) is 13.6. The number of aliphatic carboxylic acids is 1. The Balaban J connectivity index is 3.08. The fourth-order valence-corrected chi connectivity index (χ4v) is 3.92. The molecular formula is C23H36N4O6S2. The Morgan fingerprint density at radius 1 is 0.971 bits per heavy atom. The zero-order valence-electron chi connectivity index (χ0n) is 20.2. The summed E-state index contributed by atoms with van der Waals surface area (Å²) in [5.41, 5.74) is 6.66. The zero-order chi connectivity index (χ0) is 26.5. The molecule has 0 radical (unpaired) electrons. The normalized spacial score (nSPS) is 14.5. The van der Waals surface area contributed by atoms with Crippen LogP contribution in [0, 0.1) is 5.92 Å². The number of phenols is 1. The second-order valence-corrected chi connectivity index (χ2v) is 9.94. The molecule has 0 spiro atoms. The number of phenolic OH excluding ortho intramolecular Hbond substituents is 1. The van der Waals surface area contributed by atoms with Crippen molar-refractivity contribution in [2.45, 2.75) is 57.3 Å². The molecular weight excluding hydrogens is 492 g/mol. The summed E-state index contributed by atoms with van der Waals surface area (Å²) in [5, 5.41) is 26.5. The van der Waals surface area contributed by atoms with Gasteiger partial charge in [-0.15, -0.1) is 0 Å². The largest absolute Gasteiger partial charge is 0.508 e. The maximum Gasteiger partial charge on any atom is 0.327 e. The van der Waals surface area contributed by atoms with Gasteiger partial charge in [0.15, 0.2) is 0 Å². The van der Waals surface area contributed by atoms with Gasteiger partial charge in [0.25, 0.3) is 0 Å². The Morgan fingerprint density at radius 2 is 1.51 bits per heavy atom. The summed E-state index contributed by atoms with van der Waals surface area (Å²) in [6, 6.07) is 2.10. The van der Waals surface area contributed by atoms with Crippen LogP contribution in [0.3, 0.4) is 0 Å². The van der Waals surface area contributed by atoms with E-state index in [0.717, 1.165) is 0 Å². The van der Waals surface area contributed by atoms with Crippen molar-refractivity contribution in [2.24, 2.45) is 11.7 Å². The highest BCUT2D eigenvalue weighted by atomic mass is 32.2. The molecule has 4 unspecified atom stereocenters. The molecule has 35 heavy (non-hydrogen) atoms. The van der Waals surface area contributed by atoms with E-state index < -0.39 is 47.9 Å². The topological polar surface area (TPSA) is 171 Å². The molecule has 10 nitrogen and oxygen atoms in total. The quantitative estimate of drug-likeness (QED) is 0.162. The number of carbonyl (C=O) groups is 4. The lowest BCUT2D eigenvalue weighted by Gasteiger charge is -2.25. The third-order valence-electron chi connectivity index (χ3n) is 5.11. The molecule has 0 aliphatic carbocycles. The van der Waals surface area contributed by atoms with Crippen molar-refractivity contribution in [1.82, 2.24) is 16.0 Å². The highest BCUT2D eigenvalue weighted by Crippen LogP contribution is 2.13. The summed E-state index contributed by atoms with van der Waals surface area (Å²) in [4.78, 5) is 50.0. The number of carboxylic acids is 1. The summed E-state index contributed by atoms with van der Waals surface area (Å²) >= 11 is 5.42. The van der Waals surface area contributed by atoms with E-state index in [1.165, 1.54) is 23.9 Å². The average Bonchev–Trinajstić information content (AvgIpc) is 2.79. The lowest BCUT2D eigenvalue weighted by Crippen LogP contribution is -2.58. The summed E-state index contributed by atoms with van der Waals surface area (Å²) < 4.78 is 0. The highest BCUT2D eigenvalue weighted by molar-refractivity contribution is 7.98. The van der Waals surface area contributed by atoms with Crippen molar-refractivity contribution >= 4 is 48.1 Å². The first-order chi connectivity index (χ1) is 16.5. The van der Waals surface area contributed by atoms with E-state index in [0.29, 0.717) is 17.7 Å². The van der Waals surface area contributed by atoms with Crippen molar-refractivity contribution < 1.29 is 29.4 Å². The van der Waals surface area contributed by atoms with Crippen LogP contribution in [0.1, 0.15) is 32.3 Å². The van der Waals surface area contributed by atoms with Crippen molar-refractivity contribution in [2.75, 3.05) is 17.8 Å². The number of thiol groups is 1. The van der Waals surface area contributed by atoms with E-state index in [1.54, 1.807) is 12.1 Å². The molecule has 1 aromatic rings. The number of benzene rings is 1. The standard InChI is InChI=1S/C23H36N4O6S2/c1-13(2)10-16(24)20(29)26-18(11-14-4-6-15(28)7-5-14)22(31)25-17(8-9-35-3)21(30)27-19(12-34)23(32)33/h4-7,13,16-19,28,34H,8-12,24H2,1-3H3,(H,25,31)(H,26,29)(H,27,30)(H,32,33). The van der Waals surface area contributed by atoms with Gasteiger partial charge in [0, 0.05) is 12.2 Å². The van der Waals surface area contributed by atoms with Gasteiger partial charge in [-0.2, -0.15) is 24.4 Å². The number of carboxylic acid groups (broad SMARTS) is 1. The summed E-state index contributed by atoms with van der Waals surface area (Å²) in [7, 11) is 0. The van der Waals surface area contributed by atoms with Crippen LogP contribution in [-0.2, 0) is 25.6 Å². The van der Waals surface area contributed by atoms with E-state index in [-0.39, 0.29) is 30.3 Å². The van der Waals surface area contributed by atoms with Crippen LogP contribution in [-0.4, -0.2) is 75.8 Å². The molecule has 0 saturated carbocycles. The van der Waals surface area contributed by atoms with Crippen LogP contribution >= 0.6 is 24.4 Å². The van der Waals surface area contributed by atoms with Gasteiger partial charge in [0.05, 0.1) is 6.04 Å². The van der Waals surface area contributed by atoms with Crippen molar-refractivity contribution in [1.29, 1.82) is 0 Å². The lowest BCUT2D eigenvalue weighted by molar-refractivity contribution is -0.141. The molecule has 0 aromatic heterocycles. The number of amides is 3. The molecule has 0 heterocycles. The van der Waals surface area contributed by atoms with Gasteiger partial charge in [0.1, 0.15) is 23.9 Å². The molecule has 0 fully saturated rings. The van der Waals surface area contributed by atoms with Crippen molar-refractivity contribution in [3.8, 4) is 5.75 Å². The number of nitrogens with two attached hydrogens (primary N) is 1. The van der Waals surface area contributed by atoms with Crippen LogP contribution in [0.4, 0.5) is 0 Å². The number of thioether (sulfide) groups is 1. The molecule has 0 bridgehead atoms. The summed E-state index contributed by atoms with van der Waals surface area (Å²) in [6.45, 7) is 3.86. The number of rotatable bonds is 15. The Bertz CT molecular complexity index is 853.